The molecule has 0 atom stereocenters. The van der Waals surface area contributed by atoms with Crippen molar-refractivity contribution in [3.63, 3.8) is 0 Å². The monoisotopic (exact) mass is 247 g/mol. The lowest BCUT2D eigenvalue weighted by molar-refractivity contribution is 0.699. The van der Waals surface area contributed by atoms with E-state index in [0.29, 0.717) is 0 Å². The predicted molar refractivity (Wildman–Crippen MR) is 76.9 cm³/mol. The quantitative estimate of drug-likeness (QED) is 0.765. The Kier molecular flexibility index (Phi) is 5.00. The molecule has 1 aliphatic carbocycles. The van der Waals surface area contributed by atoms with Crippen LogP contribution in [-0.4, -0.2) is 24.1 Å². The second kappa shape index (κ2) is 6.74. The zero-order valence-corrected chi connectivity index (χ0v) is 11.7. The van der Waals surface area contributed by atoms with E-state index in [1.807, 2.05) is 6.20 Å². The third kappa shape index (κ3) is 3.70. The number of unbranched alkanes of at least 4 members (excludes halogenated alkanes) is 1. The molecule has 0 radical (unpaired) electrons. The van der Waals surface area contributed by atoms with Gasteiger partial charge in [0, 0.05) is 25.3 Å². The van der Waals surface area contributed by atoms with Gasteiger partial charge in [-0.25, -0.2) is 4.98 Å². The van der Waals surface area contributed by atoms with Gasteiger partial charge in [0.25, 0.3) is 0 Å². The first-order valence-corrected chi connectivity index (χ1v) is 7.27. The Bertz CT molecular complexity index is 361. The molecule has 3 nitrogen and oxygen atoms in total. The summed E-state index contributed by atoms with van der Waals surface area (Å²) in [6.07, 6.45) is 7.13. The fourth-order valence-corrected chi connectivity index (χ4v) is 2.20. The maximum absolute atomic E-state index is 4.56. The summed E-state index contributed by atoms with van der Waals surface area (Å²) in [7, 11) is 0. The fraction of sp³-hybridized carbons (Fsp3) is 0.667. The standard InChI is InChI=1S/C15H25N3/c1-3-5-10-18(14-6-7-14)15-11-13(8-9-17-15)12-16-4-2/h8-9,11,14,16H,3-7,10,12H2,1-2H3. The topological polar surface area (TPSA) is 28.2 Å². The first-order valence-electron chi connectivity index (χ1n) is 7.27. The van der Waals surface area contributed by atoms with Crippen molar-refractivity contribution in [1.29, 1.82) is 0 Å². The van der Waals surface area contributed by atoms with Gasteiger partial charge in [-0.1, -0.05) is 20.3 Å². The molecule has 0 saturated heterocycles. The van der Waals surface area contributed by atoms with Crippen molar-refractivity contribution in [2.24, 2.45) is 0 Å². The minimum atomic E-state index is 0.749. The van der Waals surface area contributed by atoms with Gasteiger partial charge in [0.05, 0.1) is 0 Å². The fourth-order valence-electron chi connectivity index (χ4n) is 2.20. The average molecular weight is 247 g/mol. The molecular weight excluding hydrogens is 222 g/mol. The van der Waals surface area contributed by atoms with Crippen LogP contribution in [0.1, 0.15) is 45.1 Å². The number of aromatic nitrogens is 1. The van der Waals surface area contributed by atoms with Crippen LogP contribution in [0.4, 0.5) is 5.82 Å². The van der Waals surface area contributed by atoms with Crippen LogP contribution >= 0.6 is 0 Å². The molecule has 0 unspecified atom stereocenters. The van der Waals surface area contributed by atoms with Gasteiger partial charge in [-0.2, -0.15) is 0 Å². The normalized spacial score (nSPS) is 14.8. The van der Waals surface area contributed by atoms with Crippen molar-refractivity contribution < 1.29 is 0 Å². The highest BCUT2D eigenvalue weighted by Crippen LogP contribution is 2.31. The second-order valence-electron chi connectivity index (χ2n) is 5.08. The van der Waals surface area contributed by atoms with E-state index in [1.165, 1.54) is 37.1 Å². The zero-order chi connectivity index (χ0) is 12.8. The van der Waals surface area contributed by atoms with E-state index in [1.54, 1.807) is 0 Å². The number of nitrogens with zero attached hydrogens (tertiary/aromatic N) is 2. The van der Waals surface area contributed by atoms with Crippen LogP contribution < -0.4 is 10.2 Å². The van der Waals surface area contributed by atoms with Crippen molar-refractivity contribution in [3.8, 4) is 0 Å². The summed E-state index contributed by atoms with van der Waals surface area (Å²) in [6, 6.07) is 5.10. The van der Waals surface area contributed by atoms with Gasteiger partial charge in [0.1, 0.15) is 5.82 Å². The molecule has 1 aromatic rings. The predicted octanol–water partition coefficient (Wildman–Crippen LogP) is 2.96. The summed E-state index contributed by atoms with van der Waals surface area (Å²) >= 11 is 0. The van der Waals surface area contributed by atoms with Gasteiger partial charge in [0.15, 0.2) is 0 Å². The molecule has 1 heterocycles. The molecule has 1 fully saturated rings. The van der Waals surface area contributed by atoms with Crippen LogP contribution in [0.25, 0.3) is 0 Å². The smallest absolute Gasteiger partial charge is 0.129 e. The van der Waals surface area contributed by atoms with Crippen molar-refractivity contribution >= 4 is 5.82 Å². The van der Waals surface area contributed by atoms with Gasteiger partial charge < -0.3 is 10.2 Å². The molecule has 0 aromatic carbocycles. The van der Waals surface area contributed by atoms with Crippen molar-refractivity contribution in [2.45, 2.75) is 52.1 Å². The van der Waals surface area contributed by atoms with Gasteiger partial charge in [-0.15, -0.1) is 0 Å². The minimum absolute atomic E-state index is 0.749. The Morgan fingerprint density at radius 1 is 1.39 bits per heavy atom. The second-order valence-corrected chi connectivity index (χ2v) is 5.08. The molecule has 18 heavy (non-hydrogen) atoms. The van der Waals surface area contributed by atoms with E-state index in [4.69, 9.17) is 0 Å². The van der Waals surface area contributed by atoms with Crippen LogP contribution in [0.5, 0.6) is 0 Å². The maximum atomic E-state index is 4.56. The molecule has 0 spiro atoms. The third-order valence-electron chi connectivity index (χ3n) is 3.42. The molecule has 1 aromatic heterocycles. The van der Waals surface area contributed by atoms with Gasteiger partial charge in [0.2, 0.25) is 0 Å². The molecule has 0 aliphatic heterocycles. The van der Waals surface area contributed by atoms with E-state index < -0.39 is 0 Å². The van der Waals surface area contributed by atoms with Crippen molar-refractivity contribution in [2.75, 3.05) is 18.0 Å². The molecule has 1 aliphatic rings. The highest BCUT2D eigenvalue weighted by molar-refractivity contribution is 5.43. The molecule has 0 amide bonds. The number of rotatable bonds is 8. The Balaban J connectivity index is 2.03. The highest BCUT2D eigenvalue weighted by Gasteiger charge is 2.29. The number of anilines is 1. The molecule has 100 valence electrons. The summed E-state index contributed by atoms with van der Waals surface area (Å²) < 4.78 is 0. The summed E-state index contributed by atoms with van der Waals surface area (Å²) in [5, 5.41) is 3.37. The lowest BCUT2D eigenvalue weighted by Crippen LogP contribution is -2.27. The summed E-state index contributed by atoms with van der Waals surface area (Å²) in [5.74, 6) is 1.17. The number of hydrogen-bond donors (Lipinski definition) is 1. The van der Waals surface area contributed by atoms with Crippen LogP contribution in [0, 0.1) is 0 Å². The van der Waals surface area contributed by atoms with Crippen LogP contribution in [0.3, 0.4) is 0 Å². The molecule has 2 rings (SSSR count). The first-order chi connectivity index (χ1) is 8.85. The Morgan fingerprint density at radius 2 is 2.22 bits per heavy atom. The lowest BCUT2D eigenvalue weighted by Gasteiger charge is -2.23. The summed E-state index contributed by atoms with van der Waals surface area (Å²) in [6.45, 7) is 7.50. The SMILES string of the molecule is CCCCN(c1cc(CNCC)ccn1)C1CC1. The van der Waals surface area contributed by atoms with E-state index in [-0.39, 0.29) is 0 Å². The Hall–Kier alpha value is -1.09. The average Bonchev–Trinajstić information content (AvgIpc) is 3.22. The third-order valence-corrected chi connectivity index (χ3v) is 3.42. The molecular formula is C15H25N3. The van der Waals surface area contributed by atoms with Crippen LogP contribution in [0.15, 0.2) is 18.3 Å². The van der Waals surface area contributed by atoms with E-state index >= 15 is 0 Å². The summed E-state index contributed by atoms with van der Waals surface area (Å²) in [5.41, 5.74) is 1.34. The van der Waals surface area contributed by atoms with Crippen molar-refractivity contribution in [3.05, 3.63) is 23.9 Å². The Labute approximate surface area is 111 Å². The van der Waals surface area contributed by atoms with Crippen LogP contribution in [-0.2, 0) is 6.54 Å². The van der Waals surface area contributed by atoms with Crippen molar-refractivity contribution in [1.82, 2.24) is 10.3 Å². The molecule has 1 saturated carbocycles. The van der Waals surface area contributed by atoms with E-state index in [2.05, 4.69) is 41.2 Å². The number of nitrogens with one attached hydrogen (secondary N) is 1. The zero-order valence-electron chi connectivity index (χ0n) is 11.7. The van der Waals surface area contributed by atoms with Gasteiger partial charge >= 0.3 is 0 Å². The van der Waals surface area contributed by atoms with Gasteiger partial charge in [-0.3, -0.25) is 0 Å². The van der Waals surface area contributed by atoms with Crippen LogP contribution in [0.2, 0.25) is 0 Å². The minimum Gasteiger partial charge on any atom is -0.354 e. The number of hydrogen-bond acceptors (Lipinski definition) is 3. The highest BCUT2D eigenvalue weighted by atomic mass is 15.2. The summed E-state index contributed by atoms with van der Waals surface area (Å²) in [4.78, 5) is 7.06. The molecule has 1 N–H and O–H groups in total. The molecule has 3 heteroatoms. The first kappa shape index (κ1) is 13.3. The van der Waals surface area contributed by atoms with E-state index in [0.717, 1.165) is 25.7 Å². The van der Waals surface area contributed by atoms with E-state index in [9.17, 15) is 0 Å². The lowest BCUT2D eigenvalue weighted by atomic mass is 10.2. The largest absolute Gasteiger partial charge is 0.354 e. The number of pyridine rings is 1. The maximum Gasteiger partial charge on any atom is 0.129 e. The Morgan fingerprint density at radius 3 is 2.89 bits per heavy atom. The molecule has 0 bridgehead atoms. The van der Waals surface area contributed by atoms with Gasteiger partial charge in [-0.05, 0) is 43.5 Å².